The maximum atomic E-state index is 12.5. The number of nitrogens with one attached hydrogen (secondary N) is 1. The Hall–Kier alpha value is -3.18. The zero-order valence-electron chi connectivity index (χ0n) is 17.5. The summed E-state index contributed by atoms with van der Waals surface area (Å²) < 4.78 is 36.4. The number of carbonyl (C=O) groups is 1. The Morgan fingerprint density at radius 2 is 1.64 bits per heavy atom. The van der Waals surface area contributed by atoms with Crippen LogP contribution in [-0.4, -0.2) is 28.8 Å². The van der Waals surface area contributed by atoms with E-state index in [2.05, 4.69) is 15.3 Å². The molecule has 0 aliphatic rings. The van der Waals surface area contributed by atoms with E-state index < -0.39 is 10.1 Å². The minimum atomic E-state index is -4.55. The normalized spacial score (nSPS) is 11.8. The summed E-state index contributed by atoms with van der Waals surface area (Å²) in [6.07, 6.45) is 0. The quantitative estimate of drug-likeness (QED) is 0.307. The van der Waals surface area contributed by atoms with Crippen molar-refractivity contribution >= 4 is 64.8 Å². The first kappa shape index (κ1) is 21.7. The van der Waals surface area contributed by atoms with E-state index in [-0.39, 0.29) is 10.8 Å². The molecule has 0 saturated heterocycles. The van der Waals surface area contributed by atoms with Gasteiger partial charge in [-0.25, -0.2) is 9.97 Å². The van der Waals surface area contributed by atoms with Crippen molar-refractivity contribution in [2.75, 3.05) is 5.32 Å². The molecule has 0 aliphatic heterocycles. The molecule has 0 bridgehead atoms. The van der Waals surface area contributed by atoms with Crippen LogP contribution in [0.1, 0.15) is 12.5 Å². The average Bonchev–Trinajstić information content (AvgIpc) is 3.35. The second-order valence-electron chi connectivity index (χ2n) is 7.53. The molecular weight excluding hydrogens is 478 g/mol. The van der Waals surface area contributed by atoms with Crippen LogP contribution in [0.15, 0.2) is 59.5 Å². The number of rotatable bonds is 4. The molecule has 5 rings (SSSR count). The molecule has 33 heavy (non-hydrogen) atoms. The van der Waals surface area contributed by atoms with Crippen molar-refractivity contribution in [3.63, 3.8) is 0 Å². The molecule has 0 spiro atoms. The Labute approximate surface area is 197 Å². The number of amides is 1. The van der Waals surface area contributed by atoms with Gasteiger partial charge in [0.05, 0.1) is 20.4 Å². The number of carbonyl (C=O) groups excluding carboxylic acids is 1. The molecule has 0 saturated carbocycles. The third-order valence-electron chi connectivity index (χ3n) is 5.00. The second-order valence-corrected chi connectivity index (χ2v) is 10.9. The van der Waals surface area contributed by atoms with Gasteiger partial charge < -0.3 is 5.32 Å². The molecule has 166 valence electrons. The van der Waals surface area contributed by atoms with E-state index >= 15 is 0 Å². The summed E-state index contributed by atoms with van der Waals surface area (Å²) in [6.45, 7) is 3.42. The lowest BCUT2D eigenvalue weighted by Gasteiger charge is -2.05. The standard InChI is InChI=1S/C23H17N3O4S3/c1-12-3-9-17-19(11-12)31-23(25-17)16-8-10-18-20(21(16)33(28,29)30)32-22(26-18)14-4-6-15(7-5-14)24-13(2)27/h3-11H,1-2H3,(H,24,27)(H,28,29,30). The van der Waals surface area contributed by atoms with E-state index in [1.165, 1.54) is 29.6 Å². The molecule has 0 fully saturated rings. The Kier molecular flexibility index (Phi) is 5.25. The van der Waals surface area contributed by atoms with Crippen LogP contribution in [0.25, 0.3) is 41.6 Å². The van der Waals surface area contributed by atoms with Crippen LogP contribution >= 0.6 is 22.7 Å². The highest BCUT2D eigenvalue weighted by Gasteiger charge is 2.25. The fraction of sp³-hybridized carbons (Fsp3) is 0.0870. The first-order valence-corrected chi connectivity index (χ1v) is 12.9. The number of benzene rings is 3. The molecule has 3 aromatic carbocycles. The lowest BCUT2D eigenvalue weighted by atomic mass is 10.2. The van der Waals surface area contributed by atoms with Crippen molar-refractivity contribution in [1.82, 2.24) is 9.97 Å². The summed E-state index contributed by atoms with van der Waals surface area (Å²) in [5.74, 6) is -0.168. The van der Waals surface area contributed by atoms with Crippen LogP contribution in [0, 0.1) is 6.92 Å². The first-order valence-electron chi connectivity index (χ1n) is 9.86. The lowest BCUT2D eigenvalue weighted by molar-refractivity contribution is -0.114. The fourth-order valence-corrected chi connectivity index (χ4v) is 6.96. The number of aryl methyl sites for hydroxylation is 1. The van der Waals surface area contributed by atoms with Crippen molar-refractivity contribution in [3.05, 3.63) is 60.2 Å². The third kappa shape index (κ3) is 4.13. The van der Waals surface area contributed by atoms with Crippen LogP contribution in [0.2, 0.25) is 0 Å². The van der Waals surface area contributed by atoms with Gasteiger partial charge in [-0.15, -0.1) is 22.7 Å². The van der Waals surface area contributed by atoms with Gasteiger partial charge in [-0.3, -0.25) is 9.35 Å². The van der Waals surface area contributed by atoms with E-state index in [0.29, 0.717) is 31.5 Å². The zero-order chi connectivity index (χ0) is 23.3. The highest BCUT2D eigenvalue weighted by atomic mass is 32.2. The Morgan fingerprint density at radius 3 is 2.33 bits per heavy atom. The van der Waals surface area contributed by atoms with Gasteiger partial charge in [0.2, 0.25) is 5.91 Å². The van der Waals surface area contributed by atoms with Gasteiger partial charge in [0, 0.05) is 23.7 Å². The Morgan fingerprint density at radius 1 is 0.939 bits per heavy atom. The van der Waals surface area contributed by atoms with Crippen molar-refractivity contribution < 1.29 is 17.8 Å². The monoisotopic (exact) mass is 495 g/mol. The minimum absolute atomic E-state index is 0.168. The van der Waals surface area contributed by atoms with Gasteiger partial charge >= 0.3 is 0 Å². The first-order chi connectivity index (χ1) is 15.7. The Balaban J connectivity index is 1.67. The van der Waals surface area contributed by atoms with Gasteiger partial charge in [0.25, 0.3) is 10.1 Å². The zero-order valence-corrected chi connectivity index (χ0v) is 19.9. The second kappa shape index (κ2) is 7.99. The fourth-order valence-electron chi connectivity index (χ4n) is 3.56. The van der Waals surface area contributed by atoms with Crippen LogP contribution in [0.4, 0.5) is 5.69 Å². The number of thiazole rings is 2. The van der Waals surface area contributed by atoms with E-state index in [0.717, 1.165) is 21.3 Å². The SMILES string of the molecule is CC(=O)Nc1ccc(-c2nc3ccc(-c4nc5ccc(C)cc5s4)c(S(=O)(=O)O)c3s2)cc1. The van der Waals surface area contributed by atoms with E-state index in [4.69, 9.17) is 0 Å². The van der Waals surface area contributed by atoms with Crippen molar-refractivity contribution in [1.29, 1.82) is 0 Å². The molecule has 1 amide bonds. The molecular formula is C23H17N3O4S3. The molecule has 7 nitrogen and oxygen atoms in total. The lowest BCUT2D eigenvalue weighted by Crippen LogP contribution is -2.05. The van der Waals surface area contributed by atoms with Crippen molar-refractivity contribution in [3.8, 4) is 21.1 Å². The van der Waals surface area contributed by atoms with Crippen LogP contribution in [0.3, 0.4) is 0 Å². The predicted octanol–water partition coefficient (Wildman–Crippen LogP) is 5.75. The highest BCUT2D eigenvalue weighted by Crippen LogP contribution is 2.41. The van der Waals surface area contributed by atoms with Gasteiger partial charge in [-0.05, 0) is 61.0 Å². The Bertz CT molecular complexity index is 1650. The summed E-state index contributed by atoms with van der Waals surface area (Å²) >= 11 is 2.56. The van der Waals surface area contributed by atoms with Crippen molar-refractivity contribution in [2.45, 2.75) is 18.7 Å². The number of fused-ring (bicyclic) bond motifs is 2. The largest absolute Gasteiger partial charge is 0.326 e. The molecule has 2 heterocycles. The van der Waals surface area contributed by atoms with E-state index in [1.54, 1.807) is 36.4 Å². The van der Waals surface area contributed by atoms with Gasteiger partial charge in [0.15, 0.2) is 0 Å². The third-order valence-corrected chi connectivity index (χ3v) is 8.25. The number of hydrogen-bond acceptors (Lipinski definition) is 7. The summed E-state index contributed by atoms with van der Waals surface area (Å²) in [5, 5.41) is 3.82. The number of hydrogen-bond donors (Lipinski definition) is 2. The predicted molar refractivity (Wildman–Crippen MR) is 133 cm³/mol. The van der Waals surface area contributed by atoms with E-state index in [9.17, 15) is 17.8 Å². The number of nitrogens with zero attached hydrogens (tertiary/aromatic N) is 2. The smallest absolute Gasteiger partial charge is 0.296 e. The number of anilines is 1. The molecule has 0 atom stereocenters. The maximum Gasteiger partial charge on any atom is 0.296 e. The average molecular weight is 496 g/mol. The topological polar surface area (TPSA) is 109 Å². The van der Waals surface area contributed by atoms with Crippen LogP contribution in [0.5, 0.6) is 0 Å². The summed E-state index contributed by atoms with van der Waals surface area (Å²) in [4.78, 5) is 20.2. The van der Waals surface area contributed by atoms with Crippen LogP contribution in [-0.2, 0) is 14.9 Å². The molecule has 10 heteroatoms. The summed E-state index contributed by atoms with van der Waals surface area (Å²) in [5.41, 5.74) is 4.09. The van der Waals surface area contributed by atoms with Crippen LogP contribution < -0.4 is 5.32 Å². The van der Waals surface area contributed by atoms with Crippen molar-refractivity contribution in [2.24, 2.45) is 0 Å². The molecule has 2 N–H and O–H groups in total. The van der Waals surface area contributed by atoms with E-state index in [1.807, 2.05) is 25.1 Å². The molecule has 0 aliphatic carbocycles. The molecule has 0 radical (unpaired) electrons. The summed E-state index contributed by atoms with van der Waals surface area (Å²) in [6, 6.07) is 16.3. The highest BCUT2D eigenvalue weighted by molar-refractivity contribution is 7.86. The number of aromatic nitrogens is 2. The van der Waals surface area contributed by atoms with Gasteiger partial charge in [0.1, 0.15) is 14.9 Å². The molecule has 5 aromatic rings. The minimum Gasteiger partial charge on any atom is -0.326 e. The molecule has 0 unspecified atom stereocenters. The van der Waals surface area contributed by atoms with Gasteiger partial charge in [-0.2, -0.15) is 8.42 Å². The molecule has 2 aromatic heterocycles. The summed E-state index contributed by atoms with van der Waals surface area (Å²) in [7, 11) is -4.55. The van der Waals surface area contributed by atoms with Gasteiger partial charge in [-0.1, -0.05) is 6.07 Å². The maximum absolute atomic E-state index is 12.5.